The molecule has 0 amide bonds. The molecule has 0 aliphatic carbocycles. The second-order valence-electron chi connectivity index (χ2n) is 2.24. The van der Waals surface area contributed by atoms with Gasteiger partial charge in [0.1, 0.15) is 6.10 Å². The molecule has 12 heavy (non-hydrogen) atoms. The molecule has 0 saturated heterocycles. The van der Waals surface area contributed by atoms with Gasteiger partial charge in [0.2, 0.25) is 0 Å². The Morgan fingerprint density at radius 3 is 2.92 bits per heavy atom. The Balaban J connectivity index is 2.27. The number of nitrogens with zero attached hydrogens (tertiary/aromatic N) is 2. The second-order valence-corrected chi connectivity index (χ2v) is 4.03. The zero-order valence-corrected chi connectivity index (χ0v) is 7.68. The molecule has 0 fully saturated rings. The highest BCUT2D eigenvalue weighted by molar-refractivity contribution is 7.10. The SMILES string of the molecule is OC(c1cccs1)c1cnns1. The Morgan fingerprint density at radius 2 is 2.33 bits per heavy atom. The summed E-state index contributed by atoms with van der Waals surface area (Å²) in [6.45, 7) is 0. The smallest absolute Gasteiger partial charge is 0.125 e. The van der Waals surface area contributed by atoms with Crippen LogP contribution in [0.4, 0.5) is 0 Å². The summed E-state index contributed by atoms with van der Waals surface area (Å²) >= 11 is 2.76. The van der Waals surface area contributed by atoms with Crippen LogP contribution in [0.5, 0.6) is 0 Å². The van der Waals surface area contributed by atoms with Crippen LogP contribution in [-0.4, -0.2) is 14.7 Å². The predicted molar refractivity (Wildman–Crippen MR) is 48.3 cm³/mol. The Hall–Kier alpha value is -0.780. The van der Waals surface area contributed by atoms with Crippen LogP contribution in [0.25, 0.3) is 0 Å². The normalized spacial score (nSPS) is 13.1. The Bertz CT molecular complexity index is 296. The van der Waals surface area contributed by atoms with Crippen LogP contribution in [0.15, 0.2) is 23.7 Å². The van der Waals surface area contributed by atoms with Crippen molar-refractivity contribution in [2.75, 3.05) is 0 Å². The first-order valence-corrected chi connectivity index (χ1v) is 5.02. The van der Waals surface area contributed by atoms with Gasteiger partial charge in [0.05, 0.1) is 11.1 Å². The highest BCUT2D eigenvalue weighted by Gasteiger charge is 2.12. The van der Waals surface area contributed by atoms with E-state index in [1.807, 2.05) is 17.5 Å². The summed E-state index contributed by atoms with van der Waals surface area (Å²) in [6.07, 6.45) is 1.04. The molecule has 0 aliphatic heterocycles. The molecule has 0 bridgehead atoms. The summed E-state index contributed by atoms with van der Waals surface area (Å²) < 4.78 is 3.69. The fourth-order valence-electron chi connectivity index (χ4n) is 0.882. The molecule has 5 heteroatoms. The topological polar surface area (TPSA) is 46.0 Å². The van der Waals surface area contributed by atoms with E-state index in [9.17, 15) is 5.11 Å². The molecule has 2 heterocycles. The average molecular weight is 198 g/mol. The predicted octanol–water partition coefficient (Wildman–Crippen LogP) is 1.68. The molecule has 0 radical (unpaired) electrons. The summed E-state index contributed by atoms with van der Waals surface area (Å²) in [6, 6.07) is 3.81. The fourth-order valence-corrected chi connectivity index (χ4v) is 2.19. The Morgan fingerprint density at radius 1 is 1.42 bits per heavy atom. The molecular formula is C7H6N2OS2. The largest absolute Gasteiger partial charge is 0.382 e. The Kier molecular flexibility index (Phi) is 2.16. The first-order valence-electron chi connectivity index (χ1n) is 3.36. The van der Waals surface area contributed by atoms with Crippen molar-refractivity contribution in [1.82, 2.24) is 9.59 Å². The maximum atomic E-state index is 9.71. The third-order valence-corrected chi connectivity index (χ3v) is 3.10. The van der Waals surface area contributed by atoms with E-state index in [-0.39, 0.29) is 0 Å². The number of rotatable bonds is 2. The van der Waals surface area contributed by atoms with Crippen LogP contribution >= 0.6 is 22.9 Å². The number of hydrogen-bond acceptors (Lipinski definition) is 5. The quantitative estimate of drug-likeness (QED) is 0.798. The number of aliphatic hydroxyl groups is 1. The van der Waals surface area contributed by atoms with Gasteiger partial charge in [-0.05, 0) is 23.0 Å². The van der Waals surface area contributed by atoms with Crippen molar-refractivity contribution in [2.24, 2.45) is 0 Å². The van der Waals surface area contributed by atoms with Crippen LogP contribution in [0.2, 0.25) is 0 Å². The number of aromatic nitrogens is 2. The number of hydrogen-bond donors (Lipinski definition) is 1. The second kappa shape index (κ2) is 3.30. The highest BCUT2D eigenvalue weighted by atomic mass is 32.1. The van der Waals surface area contributed by atoms with Gasteiger partial charge in [0.25, 0.3) is 0 Å². The molecule has 3 nitrogen and oxygen atoms in total. The van der Waals surface area contributed by atoms with Gasteiger partial charge in [0, 0.05) is 4.88 Å². The van der Waals surface area contributed by atoms with Gasteiger partial charge in [-0.3, -0.25) is 0 Å². The highest BCUT2D eigenvalue weighted by Crippen LogP contribution is 2.26. The van der Waals surface area contributed by atoms with Crippen LogP contribution < -0.4 is 0 Å². The van der Waals surface area contributed by atoms with E-state index in [1.165, 1.54) is 22.9 Å². The minimum atomic E-state index is -0.551. The summed E-state index contributed by atoms with van der Waals surface area (Å²) in [7, 11) is 0. The van der Waals surface area contributed by atoms with Crippen LogP contribution in [0.1, 0.15) is 15.9 Å². The maximum Gasteiger partial charge on any atom is 0.125 e. The minimum absolute atomic E-state index is 0.551. The molecule has 1 N–H and O–H groups in total. The van der Waals surface area contributed by atoms with Crippen LogP contribution in [-0.2, 0) is 0 Å². The standard InChI is InChI=1S/C7H6N2OS2/c10-7(5-2-1-3-11-5)6-4-8-9-12-6/h1-4,7,10H. The van der Waals surface area contributed by atoms with E-state index in [2.05, 4.69) is 9.59 Å². The van der Waals surface area contributed by atoms with Crippen molar-refractivity contribution < 1.29 is 5.11 Å². The van der Waals surface area contributed by atoms with E-state index in [4.69, 9.17) is 0 Å². The monoisotopic (exact) mass is 198 g/mol. The maximum absolute atomic E-state index is 9.71. The van der Waals surface area contributed by atoms with E-state index < -0.39 is 6.10 Å². The zero-order chi connectivity index (χ0) is 8.39. The molecule has 0 spiro atoms. The van der Waals surface area contributed by atoms with Crippen molar-refractivity contribution in [2.45, 2.75) is 6.10 Å². The van der Waals surface area contributed by atoms with Gasteiger partial charge >= 0.3 is 0 Å². The lowest BCUT2D eigenvalue weighted by molar-refractivity contribution is 0.228. The number of thiophene rings is 1. The first-order chi connectivity index (χ1) is 5.88. The molecule has 0 aliphatic rings. The third kappa shape index (κ3) is 1.38. The molecule has 2 aromatic rings. The van der Waals surface area contributed by atoms with Crippen LogP contribution in [0.3, 0.4) is 0 Å². The Labute approximate surface area is 77.5 Å². The molecular weight excluding hydrogens is 192 g/mol. The van der Waals surface area contributed by atoms with E-state index >= 15 is 0 Å². The van der Waals surface area contributed by atoms with E-state index in [0.717, 1.165) is 9.75 Å². The van der Waals surface area contributed by atoms with Gasteiger partial charge in [-0.25, -0.2) is 0 Å². The lowest BCUT2D eigenvalue weighted by Gasteiger charge is -2.02. The van der Waals surface area contributed by atoms with Crippen molar-refractivity contribution in [3.05, 3.63) is 33.5 Å². The molecule has 62 valence electrons. The third-order valence-electron chi connectivity index (χ3n) is 1.46. The van der Waals surface area contributed by atoms with Gasteiger partial charge < -0.3 is 5.11 Å². The van der Waals surface area contributed by atoms with Gasteiger partial charge in [-0.2, -0.15) is 0 Å². The molecule has 0 aromatic carbocycles. The van der Waals surface area contributed by atoms with Crippen molar-refractivity contribution >= 4 is 22.9 Å². The average Bonchev–Trinajstić information content (AvgIpc) is 2.77. The van der Waals surface area contributed by atoms with Gasteiger partial charge in [-0.15, -0.1) is 16.4 Å². The van der Waals surface area contributed by atoms with Crippen molar-refractivity contribution in [1.29, 1.82) is 0 Å². The lowest BCUT2D eigenvalue weighted by atomic mass is 10.3. The van der Waals surface area contributed by atoms with Gasteiger partial charge in [0.15, 0.2) is 0 Å². The number of aliphatic hydroxyl groups excluding tert-OH is 1. The van der Waals surface area contributed by atoms with E-state index in [0.29, 0.717) is 0 Å². The molecule has 1 unspecified atom stereocenters. The van der Waals surface area contributed by atoms with E-state index in [1.54, 1.807) is 6.20 Å². The molecule has 2 rings (SSSR count). The van der Waals surface area contributed by atoms with Crippen LogP contribution in [0, 0.1) is 0 Å². The summed E-state index contributed by atoms with van der Waals surface area (Å²) in [5.41, 5.74) is 0. The molecule has 2 aromatic heterocycles. The first kappa shape index (κ1) is 7.85. The molecule has 0 saturated carbocycles. The molecule has 1 atom stereocenters. The fraction of sp³-hybridized carbons (Fsp3) is 0.143. The van der Waals surface area contributed by atoms with Crippen molar-refractivity contribution in [3.63, 3.8) is 0 Å². The lowest BCUT2D eigenvalue weighted by Crippen LogP contribution is -1.92. The van der Waals surface area contributed by atoms with Gasteiger partial charge in [-0.1, -0.05) is 10.6 Å². The summed E-state index contributed by atoms with van der Waals surface area (Å²) in [5.74, 6) is 0. The summed E-state index contributed by atoms with van der Waals surface area (Å²) in [5, 5.41) is 15.3. The zero-order valence-electron chi connectivity index (χ0n) is 6.04. The van der Waals surface area contributed by atoms with Crippen molar-refractivity contribution in [3.8, 4) is 0 Å². The minimum Gasteiger partial charge on any atom is -0.382 e. The summed E-state index contributed by atoms with van der Waals surface area (Å²) in [4.78, 5) is 1.72.